The Labute approximate surface area is 247 Å². The van der Waals surface area contributed by atoms with E-state index in [0.29, 0.717) is 16.6 Å². The lowest BCUT2D eigenvalue weighted by Crippen LogP contribution is -2.51. The number of fused-ring (bicyclic) bond motifs is 1. The first-order valence-corrected chi connectivity index (χ1v) is 14.0. The van der Waals surface area contributed by atoms with Gasteiger partial charge >= 0.3 is 17.3 Å². The topological polar surface area (TPSA) is 168 Å². The second-order valence-corrected chi connectivity index (χ2v) is 11.6. The Balaban J connectivity index is 1.36. The fourth-order valence-corrected chi connectivity index (χ4v) is 5.58. The zero-order valence-corrected chi connectivity index (χ0v) is 23.2. The zero-order chi connectivity index (χ0) is 31.2. The number of hydrogen-bond acceptors (Lipinski definition) is 9. The monoisotopic (exact) mass is 619 g/mol. The van der Waals surface area contributed by atoms with E-state index in [9.17, 15) is 33.3 Å². The zero-order valence-electron chi connectivity index (χ0n) is 22.4. The number of benzene rings is 2. The number of nitrogens with zero attached hydrogens (tertiary/aromatic N) is 2. The smallest absolute Gasteiger partial charge is 0.394 e. The lowest BCUT2D eigenvalue weighted by atomic mass is 10.1. The minimum absolute atomic E-state index is 0.0137. The Morgan fingerprint density at radius 1 is 1.02 bits per heavy atom. The van der Waals surface area contributed by atoms with Crippen molar-refractivity contribution >= 4 is 28.6 Å². The molecule has 1 fully saturated rings. The molecule has 10 nitrogen and oxygen atoms in total. The standard InChI is InChI=1S/C29H28F3N3O7S/c30-27(31,32)25-17(2-1-11-33-25)13-21-14-19-12-18(5-10-24(19)35(21)20-6-7-20)26(37)34-23(15-36)16-3-8-22(9-4-16)43-29(41,42)28(38,39)40/h1-5,8-12,14,20,23,36,38-42H,6-7,13,15H2,(H,34,37). The van der Waals surface area contributed by atoms with Gasteiger partial charge in [-0.25, -0.2) is 0 Å². The maximum Gasteiger partial charge on any atom is 0.433 e. The molecule has 5 rings (SSSR count). The summed E-state index contributed by atoms with van der Waals surface area (Å²) in [6, 6.07) is 14.6. The van der Waals surface area contributed by atoms with Gasteiger partial charge in [-0.1, -0.05) is 30.0 Å². The molecule has 43 heavy (non-hydrogen) atoms. The number of aliphatic hydroxyl groups excluding tert-OH is 1. The highest BCUT2D eigenvalue weighted by Gasteiger charge is 2.47. The largest absolute Gasteiger partial charge is 0.433 e. The van der Waals surface area contributed by atoms with E-state index in [0.717, 1.165) is 24.6 Å². The summed E-state index contributed by atoms with van der Waals surface area (Å²) in [5, 5.41) is 56.5. The molecule has 1 aliphatic rings. The number of carbonyl (C=O) groups is 1. The van der Waals surface area contributed by atoms with Gasteiger partial charge in [0.2, 0.25) is 0 Å². The van der Waals surface area contributed by atoms with E-state index in [1.165, 1.54) is 36.4 Å². The second kappa shape index (κ2) is 11.5. The van der Waals surface area contributed by atoms with Crippen LogP contribution in [0.2, 0.25) is 0 Å². The van der Waals surface area contributed by atoms with Crippen molar-refractivity contribution in [3.63, 3.8) is 0 Å². The van der Waals surface area contributed by atoms with E-state index in [-0.39, 0.29) is 40.2 Å². The second-order valence-electron chi connectivity index (χ2n) is 10.3. The molecule has 0 radical (unpaired) electrons. The van der Waals surface area contributed by atoms with Crippen LogP contribution in [-0.4, -0.2) is 63.8 Å². The number of alkyl halides is 3. The van der Waals surface area contributed by atoms with Gasteiger partial charge in [-0.2, -0.15) is 13.2 Å². The first-order chi connectivity index (χ1) is 20.2. The normalized spacial score (nSPS) is 15.1. The van der Waals surface area contributed by atoms with Crippen molar-refractivity contribution in [3.05, 3.63) is 94.9 Å². The number of hydrogen-bond donors (Lipinski definition) is 7. The maximum atomic E-state index is 13.6. The minimum atomic E-state index is -4.59. The van der Waals surface area contributed by atoms with Crippen LogP contribution in [0.1, 0.15) is 57.8 Å². The summed E-state index contributed by atoms with van der Waals surface area (Å²) in [6.45, 7) is -0.480. The fraction of sp³-hybridized carbons (Fsp3) is 0.310. The van der Waals surface area contributed by atoms with Gasteiger partial charge in [-0.15, -0.1) is 0 Å². The number of halogens is 3. The molecule has 0 spiro atoms. The van der Waals surface area contributed by atoms with Crippen molar-refractivity contribution in [2.75, 3.05) is 6.61 Å². The number of thioether (sulfide) groups is 1. The number of pyridine rings is 1. The predicted molar refractivity (Wildman–Crippen MR) is 148 cm³/mol. The van der Waals surface area contributed by atoms with Crippen LogP contribution in [0.15, 0.2) is 71.8 Å². The third-order valence-corrected chi connectivity index (χ3v) is 8.16. The molecule has 2 heterocycles. The van der Waals surface area contributed by atoms with Crippen molar-refractivity contribution < 1.29 is 48.6 Å². The Morgan fingerprint density at radius 3 is 2.33 bits per heavy atom. The van der Waals surface area contributed by atoms with E-state index < -0.39 is 41.5 Å². The molecular weight excluding hydrogens is 591 g/mol. The average molecular weight is 620 g/mol. The number of carbonyl (C=O) groups excluding carboxylic acids is 1. The van der Waals surface area contributed by atoms with Crippen LogP contribution < -0.4 is 5.32 Å². The molecule has 0 bridgehead atoms. The number of rotatable bonds is 10. The molecule has 228 valence electrons. The highest BCUT2D eigenvalue weighted by atomic mass is 32.2. The lowest BCUT2D eigenvalue weighted by molar-refractivity contribution is -0.411. The summed E-state index contributed by atoms with van der Waals surface area (Å²) in [5.41, 5.74) is 1.31. The number of aromatic nitrogens is 2. The molecule has 0 saturated heterocycles. The quantitative estimate of drug-likeness (QED) is 0.104. The summed E-state index contributed by atoms with van der Waals surface area (Å²) in [4.78, 5) is 16.9. The molecular formula is C29H28F3N3O7S. The van der Waals surface area contributed by atoms with Crippen molar-refractivity contribution in [2.45, 2.75) is 53.5 Å². The van der Waals surface area contributed by atoms with Crippen LogP contribution in [0.25, 0.3) is 10.9 Å². The van der Waals surface area contributed by atoms with Gasteiger partial charge in [0.25, 0.3) is 5.91 Å². The van der Waals surface area contributed by atoms with E-state index in [1.54, 1.807) is 24.3 Å². The van der Waals surface area contributed by atoms with E-state index >= 15 is 0 Å². The Kier molecular flexibility index (Phi) is 8.30. The average Bonchev–Trinajstić information content (AvgIpc) is 3.71. The van der Waals surface area contributed by atoms with Gasteiger partial charge in [0.05, 0.1) is 12.6 Å². The van der Waals surface area contributed by atoms with Gasteiger partial charge < -0.3 is 40.5 Å². The molecule has 1 aliphatic carbocycles. The first kappa shape index (κ1) is 30.9. The number of aliphatic hydroxyl groups is 6. The minimum Gasteiger partial charge on any atom is -0.394 e. The SMILES string of the molecule is O=C(NC(CO)c1ccc(SC(O)(O)C(O)(O)O)cc1)c1ccc2c(c1)cc(Cc1cccnc1C(F)(F)F)n2C1CC1. The summed E-state index contributed by atoms with van der Waals surface area (Å²) >= 11 is 0.155. The molecule has 2 aromatic heterocycles. The van der Waals surface area contributed by atoms with E-state index in [1.807, 2.05) is 4.57 Å². The molecule has 1 saturated carbocycles. The van der Waals surface area contributed by atoms with Crippen molar-refractivity contribution in [3.8, 4) is 0 Å². The summed E-state index contributed by atoms with van der Waals surface area (Å²) < 4.78 is 42.7. The van der Waals surface area contributed by atoms with Gasteiger partial charge in [-0.3, -0.25) is 9.78 Å². The van der Waals surface area contributed by atoms with Crippen molar-refractivity contribution in [1.29, 1.82) is 0 Å². The van der Waals surface area contributed by atoms with Crippen LogP contribution in [0.5, 0.6) is 0 Å². The molecule has 0 aliphatic heterocycles. The Morgan fingerprint density at radius 2 is 1.72 bits per heavy atom. The summed E-state index contributed by atoms with van der Waals surface area (Å²) in [6.07, 6.45) is -1.67. The van der Waals surface area contributed by atoms with Crippen LogP contribution in [0, 0.1) is 0 Å². The predicted octanol–water partition coefficient (Wildman–Crippen LogP) is 2.81. The first-order valence-electron chi connectivity index (χ1n) is 13.2. The summed E-state index contributed by atoms with van der Waals surface area (Å²) in [7, 11) is 0. The van der Waals surface area contributed by atoms with E-state index in [2.05, 4.69) is 10.3 Å². The van der Waals surface area contributed by atoms with Crippen LogP contribution in [0.4, 0.5) is 13.2 Å². The van der Waals surface area contributed by atoms with Gasteiger partial charge in [0, 0.05) is 45.7 Å². The highest BCUT2D eigenvalue weighted by molar-refractivity contribution is 8.00. The van der Waals surface area contributed by atoms with E-state index in [4.69, 9.17) is 15.3 Å². The highest BCUT2D eigenvalue weighted by Crippen LogP contribution is 2.41. The Bertz CT molecular complexity index is 1630. The number of nitrogens with one attached hydrogen (secondary N) is 1. The molecule has 4 aromatic rings. The third kappa shape index (κ3) is 6.70. The number of amides is 1. The van der Waals surface area contributed by atoms with Gasteiger partial charge in [0.15, 0.2) is 0 Å². The molecule has 1 atom stereocenters. The molecule has 14 heteroatoms. The van der Waals surface area contributed by atoms with Gasteiger partial charge in [0.1, 0.15) is 5.69 Å². The van der Waals surface area contributed by atoms with Crippen LogP contribution in [-0.2, 0) is 12.6 Å². The van der Waals surface area contributed by atoms with Crippen LogP contribution >= 0.6 is 11.8 Å². The fourth-order valence-electron chi connectivity index (χ4n) is 4.84. The van der Waals surface area contributed by atoms with Crippen molar-refractivity contribution in [2.24, 2.45) is 0 Å². The summed E-state index contributed by atoms with van der Waals surface area (Å²) in [5.74, 6) is -4.30. The molecule has 7 N–H and O–H groups in total. The molecule has 2 aromatic carbocycles. The van der Waals surface area contributed by atoms with Crippen molar-refractivity contribution in [1.82, 2.24) is 14.9 Å². The Hall–Kier alpha value is -3.50. The molecule has 1 amide bonds. The van der Waals surface area contributed by atoms with Crippen LogP contribution in [0.3, 0.4) is 0 Å². The molecule has 1 unspecified atom stereocenters. The maximum absolute atomic E-state index is 13.6. The van der Waals surface area contributed by atoms with Gasteiger partial charge in [-0.05, 0) is 66.4 Å². The lowest BCUT2D eigenvalue weighted by Gasteiger charge is -2.28. The third-order valence-electron chi connectivity index (χ3n) is 7.09.